The molecule has 0 aromatic rings. The normalized spacial score (nSPS) is 34.9. The van der Waals surface area contributed by atoms with Crippen molar-refractivity contribution in [3.63, 3.8) is 0 Å². The minimum Gasteiger partial charge on any atom is -0.380 e. The van der Waals surface area contributed by atoms with E-state index in [9.17, 15) is 8.42 Å². The lowest BCUT2D eigenvalue weighted by Gasteiger charge is -2.40. The first kappa shape index (κ1) is 16.2. The molecule has 3 unspecified atom stereocenters. The van der Waals surface area contributed by atoms with Gasteiger partial charge in [-0.25, -0.2) is 8.42 Å². The summed E-state index contributed by atoms with van der Waals surface area (Å²) in [6.07, 6.45) is 1.58. The molecule has 3 atom stereocenters. The maximum absolute atomic E-state index is 12.5. The topological polar surface area (TPSA) is 58.6 Å². The molecule has 0 spiro atoms. The summed E-state index contributed by atoms with van der Waals surface area (Å²) < 4.78 is 32.0. The molecule has 2 saturated heterocycles. The van der Waals surface area contributed by atoms with Gasteiger partial charge in [-0.05, 0) is 26.7 Å². The average Bonchev–Trinajstić information content (AvgIpc) is 2.33. The van der Waals surface area contributed by atoms with Gasteiger partial charge in [-0.2, -0.15) is 4.31 Å². The summed E-state index contributed by atoms with van der Waals surface area (Å²) in [6, 6.07) is 0.235. The van der Waals surface area contributed by atoms with E-state index in [0.717, 1.165) is 19.4 Å². The molecule has 0 amide bonds. The zero-order valence-corrected chi connectivity index (χ0v) is 12.6. The van der Waals surface area contributed by atoms with E-state index in [1.54, 1.807) is 4.31 Å². The van der Waals surface area contributed by atoms with Gasteiger partial charge >= 0.3 is 0 Å². The molecule has 0 aromatic carbocycles. The van der Waals surface area contributed by atoms with Crippen molar-refractivity contribution in [2.75, 3.05) is 26.3 Å². The van der Waals surface area contributed by atoms with Gasteiger partial charge in [0.1, 0.15) is 0 Å². The van der Waals surface area contributed by atoms with Gasteiger partial charge in [0.2, 0.25) is 10.0 Å². The molecule has 2 rings (SSSR count). The molecule has 18 heavy (non-hydrogen) atoms. The van der Waals surface area contributed by atoms with Gasteiger partial charge in [-0.1, -0.05) is 0 Å². The van der Waals surface area contributed by atoms with Crippen LogP contribution in [0.1, 0.15) is 26.7 Å². The summed E-state index contributed by atoms with van der Waals surface area (Å²) in [7, 11) is -3.20. The monoisotopic (exact) mass is 298 g/mol. The molecule has 0 radical (unpaired) electrons. The molecule has 1 N–H and O–H groups in total. The number of sulfonamides is 1. The molecule has 2 fully saturated rings. The number of ether oxygens (including phenoxy) is 1. The number of hydrogen-bond acceptors (Lipinski definition) is 4. The van der Waals surface area contributed by atoms with Crippen molar-refractivity contribution in [2.45, 2.75) is 44.0 Å². The fourth-order valence-corrected chi connectivity index (χ4v) is 4.63. The van der Waals surface area contributed by atoms with Crippen LogP contribution in [0.2, 0.25) is 0 Å². The van der Waals surface area contributed by atoms with Gasteiger partial charge in [0, 0.05) is 31.8 Å². The smallest absolute Gasteiger partial charge is 0.219 e. The van der Waals surface area contributed by atoms with E-state index in [1.165, 1.54) is 0 Å². The molecular weight excluding hydrogens is 276 g/mol. The second-order valence-electron chi connectivity index (χ2n) is 4.98. The summed E-state index contributed by atoms with van der Waals surface area (Å²) in [6.45, 7) is 6.36. The predicted molar refractivity (Wildman–Crippen MR) is 73.6 cm³/mol. The number of nitrogens with zero attached hydrogens (tertiary/aromatic N) is 1. The molecule has 108 valence electrons. The van der Waals surface area contributed by atoms with Gasteiger partial charge < -0.3 is 10.1 Å². The van der Waals surface area contributed by atoms with Crippen LogP contribution in [0.4, 0.5) is 0 Å². The summed E-state index contributed by atoms with van der Waals surface area (Å²) in [5, 5.41) is 2.96. The Bertz CT molecular complexity index is 357. The number of hydrogen-bond donors (Lipinski definition) is 1. The van der Waals surface area contributed by atoms with Crippen LogP contribution in [0.3, 0.4) is 0 Å². The van der Waals surface area contributed by atoms with Gasteiger partial charge in [-0.3, -0.25) is 0 Å². The minimum absolute atomic E-state index is 0. The van der Waals surface area contributed by atoms with Crippen LogP contribution < -0.4 is 5.32 Å². The highest BCUT2D eigenvalue weighted by atomic mass is 35.5. The van der Waals surface area contributed by atoms with E-state index in [4.69, 9.17) is 4.74 Å². The second kappa shape index (κ2) is 6.52. The molecule has 0 bridgehead atoms. The molecule has 0 aliphatic carbocycles. The van der Waals surface area contributed by atoms with Crippen LogP contribution in [-0.4, -0.2) is 56.4 Å². The van der Waals surface area contributed by atoms with Gasteiger partial charge in [0.15, 0.2) is 0 Å². The fraction of sp³-hybridized carbons (Fsp3) is 1.00. The largest absolute Gasteiger partial charge is 0.380 e. The zero-order valence-electron chi connectivity index (χ0n) is 11.0. The Morgan fingerprint density at radius 2 is 2.06 bits per heavy atom. The van der Waals surface area contributed by atoms with Crippen LogP contribution in [0.15, 0.2) is 0 Å². The lowest BCUT2D eigenvalue weighted by Crippen LogP contribution is -2.59. The average molecular weight is 299 g/mol. The third-order valence-electron chi connectivity index (χ3n) is 3.84. The molecule has 7 heteroatoms. The van der Waals surface area contributed by atoms with E-state index < -0.39 is 10.0 Å². The van der Waals surface area contributed by atoms with Crippen molar-refractivity contribution in [1.29, 1.82) is 0 Å². The van der Waals surface area contributed by atoms with Gasteiger partial charge in [0.25, 0.3) is 0 Å². The molecule has 0 aromatic heterocycles. The second-order valence-corrected chi connectivity index (χ2v) is 7.14. The first-order chi connectivity index (χ1) is 8.03. The SMILES string of the molecule is CC1NCCN(S(=O)(=O)C2CCCOC2)C1C.Cl. The van der Waals surface area contributed by atoms with Crippen molar-refractivity contribution in [1.82, 2.24) is 9.62 Å². The molecule has 2 aliphatic heterocycles. The van der Waals surface area contributed by atoms with E-state index in [2.05, 4.69) is 5.32 Å². The highest BCUT2D eigenvalue weighted by molar-refractivity contribution is 7.89. The Balaban J connectivity index is 0.00000162. The summed E-state index contributed by atoms with van der Waals surface area (Å²) in [5.41, 5.74) is 0. The lowest BCUT2D eigenvalue weighted by atomic mass is 10.1. The zero-order chi connectivity index (χ0) is 12.5. The first-order valence-corrected chi connectivity index (χ1v) is 7.85. The van der Waals surface area contributed by atoms with Crippen molar-refractivity contribution in [2.24, 2.45) is 0 Å². The third kappa shape index (κ3) is 3.17. The van der Waals surface area contributed by atoms with Crippen LogP contribution in [0.5, 0.6) is 0 Å². The van der Waals surface area contributed by atoms with Crippen molar-refractivity contribution < 1.29 is 13.2 Å². The molecule has 2 aliphatic rings. The Labute approximate surface area is 116 Å². The number of piperazine rings is 1. The van der Waals surface area contributed by atoms with Crippen LogP contribution >= 0.6 is 12.4 Å². The van der Waals surface area contributed by atoms with E-state index >= 15 is 0 Å². The predicted octanol–water partition coefficient (Wildman–Crippen LogP) is 0.599. The Kier molecular flexibility index (Phi) is 5.86. The van der Waals surface area contributed by atoms with E-state index in [0.29, 0.717) is 19.8 Å². The van der Waals surface area contributed by atoms with E-state index in [-0.39, 0.29) is 29.7 Å². The third-order valence-corrected chi connectivity index (χ3v) is 6.23. The van der Waals surface area contributed by atoms with Gasteiger partial charge in [0.05, 0.1) is 11.9 Å². The van der Waals surface area contributed by atoms with Crippen molar-refractivity contribution >= 4 is 22.4 Å². The minimum atomic E-state index is -3.20. The maximum atomic E-state index is 12.5. The summed E-state index contributed by atoms with van der Waals surface area (Å²) in [5.74, 6) is 0. The highest BCUT2D eigenvalue weighted by Crippen LogP contribution is 2.22. The highest BCUT2D eigenvalue weighted by Gasteiger charge is 2.39. The summed E-state index contributed by atoms with van der Waals surface area (Å²) in [4.78, 5) is 0. The van der Waals surface area contributed by atoms with Crippen LogP contribution in [-0.2, 0) is 14.8 Å². The number of nitrogens with one attached hydrogen (secondary N) is 1. The van der Waals surface area contributed by atoms with E-state index in [1.807, 2.05) is 13.8 Å². The molecular formula is C11H23ClN2O3S. The fourth-order valence-electron chi connectivity index (χ4n) is 2.52. The summed E-state index contributed by atoms with van der Waals surface area (Å²) >= 11 is 0. The number of rotatable bonds is 2. The molecule has 0 saturated carbocycles. The quantitative estimate of drug-likeness (QED) is 0.811. The number of halogens is 1. The maximum Gasteiger partial charge on any atom is 0.219 e. The van der Waals surface area contributed by atoms with Crippen molar-refractivity contribution in [3.8, 4) is 0 Å². The van der Waals surface area contributed by atoms with Crippen LogP contribution in [0.25, 0.3) is 0 Å². The molecule has 5 nitrogen and oxygen atoms in total. The van der Waals surface area contributed by atoms with Crippen molar-refractivity contribution in [3.05, 3.63) is 0 Å². The van der Waals surface area contributed by atoms with Gasteiger partial charge in [-0.15, -0.1) is 12.4 Å². The Morgan fingerprint density at radius 3 is 2.67 bits per heavy atom. The Morgan fingerprint density at radius 1 is 1.33 bits per heavy atom. The Hall–Kier alpha value is 0.120. The first-order valence-electron chi connectivity index (χ1n) is 6.35. The molecule has 2 heterocycles. The van der Waals surface area contributed by atoms with Crippen LogP contribution in [0, 0.1) is 0 Å². The lowest BCUT2D eigenvalue weighted by molar-refractivity contribution is 0.0959. The standard InChI is InChI=1S/C11H22N2O3S.ClH/c1-9-10(2)13(6-5-12-9)17(14,15)11-4-3-7-16-8-11;/h9-12H,3-8H2,1-2H3;1H.